The van der Waals surface area contributed by atoms with Crippen molar-refractivity contribution in [1.29, 1.82) is 0 Å². The number of rotatable bonds is 6. The van der Waals surface area contributed by atoms with Crippen molar-refractivity contribution in [2.24, 2.45) is 0 Å². The van der Waals surface area contributed by atoms with Crippen molar-refractivity contribution in [3.8, 4) is 11.5 Å². The molecule has 1 amide bonds. The van der Waals surface area contributed by atoms with E-state index in [1.54, 1.807) is 36.4 Å². The first-order valence-corrected chi connectivity index (χ1v) is 8.16. The summed E-state index contributed by atoms with van der Waals surface area (Å²) in [5, 5.41) is 2.52. The highest BCUT2D eigenvalue weighted by atomic mass is 19.1. The highest BCUT2D eigenvalue weighted by molar-refractivity contribution is 5.96. The van der Waals surface area contributed by atoms with Gasteiger partial charge in [0.05, 0.1) is 0 Å². The lowest BCUT2D eigenvalue weighted by molar-refractivity contribution is -0.119. The Morgan fingerprint density at radius 1 is 0.852 bits per heavy atom. The second kappa shape index (κ2) is 8.62. The summed E-state index contributed by atoms with van der Waals surface area (Å²) in [5.41, 5.74) is 0.612. The molecule has 0 saturated carbocycles. The van der Waals surface area contributed by atoms with Gasteiger partial charge in [-0.25, -0.2) is 9.18 Å². The molecule has 0 aliphatic rings. The first-order valence-electron chi connectivity index (χ1n) is 8.16. The van der Waals surface area contributed by atoms with Gasteiger partial charge in [-0.3, -0.25) is 4.79 Å². The molecular weight excluding hydrogens is 349 g/mol. The maximum atomic E-state index is 12.9. The summed E-state index contributed by atoms with van der Waals surface area (Å²) in [6.07, 6.45) is 0. The van der Waals surface area contributed by atoms with E-state index in [-0.39, 0.29) is 5.56 Å². The number of carbonyl (C=O) groups excluding carboxylic acids is 2. The van der Waals surface area contributed by atoms with Gasteiger partial charge in [-0.2, -0.15) is 0 Å². The Kier molecular flexibility index (Phi) is 5.79. The van der Waals surface area contributed by atoms with Crippen molar-refractivity contribution in [1.82, 2.24) is 0 Å². The third kappa shape index (κ3) is 5.15. The Bertz CT molecular complexity index is 926. The smallest absolute Gasteiger partial charge is 0.342 e. The quantitative estimate of drug-likeness (QED) is 0.657. The van der Waals surface area contributed by atoms with E-state index in [2.05, 4.69) is 5.32 Å². The molecule has 0 unspecified atom stereocenters. The van der Waals surface area contributed by atoms with Crippen molar-refractivity contribution < 1.29 is 23.5 Å². The number of esters is 1. The maximum absolute atomic E-state index is 12.9. The zero-order valence-electron chi connectivity index (χ0n) is 14.2. The van der Waals surface area contributed by atoms with Crippen molar-refractivity contribution in [2.45, 2.75) is 0 Å². The normalized spacial score (nSPS) is 10.1. The molecule has 0 spiro atoms. The van der Waals surface area contributed by atoms with Gasteiger partial charge in [0.1, 0.15) is 22.9 Å². The van der Waals surface area contributed by atoms with Crippen LogP contribution in [-0.4, -0.2) is 18.5 Å². The van der Waals surface area contributed by atoms with Gasteiger partial charge in [0, 0.05) is 5.69 Å². The van der Waals surface area contributed by atoms with E-state index in [4.69, 9.17) is 9.47 Å². The second-order valence-electron chi connectivity index (χ2n) is 5.54. The van der Waals surface area contributed by atoms with Crippen LogP contribution in [-0.2, 0) is 9.53 Å². The third-order valence-corrected chi connectivity index (χ3v) is 3.54. The van der Waals surface area contributed by atoms with Crippen molar-refractivity contribution in [3.63, 3.8) is 0 Å². The fraction of sp³-hybridized carbons (Fsp3) is 0.0476. The minimum absolute atomic E-state index is 0.205. The molecule has 5 nitrogen and oxygen atoms in total. The monoisotopic (exact) mass is 365 g/mol. The first kappa shape index (κ1) is 18.1. The number of halogens is 1. The predicted octanol–water partition coefficient (Wildman–Crippen LogP) is 4.41. The van der Waals surface area contributed by atoms with Crippen LogP contribution in [0.25, 0.3) is 0 Å². The molecule has 1 N–H and O–H groups in total. The van der Waals surface area contributed by atoms with Gasteiger partial charge in [0.15, 0.2) is 6.61 Å². The molecule has 0 aliphatic carbocycles. The van der Waals surface area contributed by atoms with Crippen LogP contribution in [0.1, 0.15) is 10.4 Å². The van der Waals surface area contributed by atoms with Gasteiger partial charge in [-0.1, -0.05) is 30.3 Å². The predicted molar refractivity (Wildman–Crippen MR) is 98.3 cm³/mol. The third-order valence-electron chi connectivity index (χ3n) is 3.54. The van der Waals surface area contributed by atoms with Crippen LogP contribution in [0.2, 0.25) is 0 Å². The standard InChI is InChI=1S/C21H16FNO4/c22-15-10-12-16(13-11-15)23-20(24)14-26-21(25)18-8-4-5-9-19(18)27-17-6-2-1-3-7-17/h1-13H,14H2,(H,23,24). The Hall–Kier alpha value is -3.67. The Labute approximate surface area is 155 Å². The van der Waals surface area contributed by atoms with Crippen molar-refractivity contribution in [2.75, 3.05) is 11.9 Å². The molecular formula is C21H16FNO4. The maximum Gasteiger partial charge on any atom is 0.342 e. The summed E-state index contributed by atoms with van der Waals surface area (Å²) in [7, 11) is 0. The average molecular weight is 365 g/mol. The van der Waals surface area contributed by atoms with Crippen LogP contribution in [0.15, 0.2) is 78.9 Å². The van der Waals surface area contributed by atoms with Gasteiger partial charge >= 0.3 is 5.97 Å². The lowest BCUT2D eigenvalue weighted by Gasteiger charge is -2.11. The highest BCUT2D eigenvalue weighted by Gasteiger charge is 2.16. The van der Waals surface area contributed by atoms with Crippen molar-refractivity contribution >= 4 is 17.6 Å². The summed E-state index contributed by atoms with van der Waals surface area (Å²) in [4.78, 5) is 24.2. The number of para-hydroxylation sites is 2. The zero-order valence-corrected chi connectivity index (χ0v) is 14.2. The average Bonchev–Trinajstić information content (AvgIpc) is 2.69. The largest absolute Gasteiger partial charge is 0.456 e. The van der Waals surface area contributed by atoms with E-state index in [9.17, 15) is 14.0 Å². The van der Waals surface area contributed by atoms with Gasteiger partial charge in [-0.15, -0.1) is 0 Å². The lowest BCUT2D eigenvalue weighted by atomic mass is 10.2. The molecule has 0 bridgehead atoms. The molecule has 0 radical (unpaired) electrons. The second-order valence-corrected chi connectivity index (χ2v) is 5.54. The SMILES string of the molecule is O=C(COC(=O)c1ccccc1Oc1ccccc1)Nc1ccc(F)cc1. The van der Waals surface area contributed by atoms with Crippen LogP contribution in [0.3, 0.4) is 0 Å². The molecule has 0 heterocycles. The fourth-order valence-electron chi connectivity index (χ4n) is 2.28. The van der Waals surface area contributed by atoms with Gasteiger partial charge in [0.25, 0.3) is 5.91 Å². The zero-order chi connectivity index (χ0) is 19.1. The number of hydrogen-bond acceptors (Lipinski definition) is 4. The molecule has 6 heteroatoms. The van der Waals surface area contributed by atoms with E-state index in [0.29, 0.717) is 17.2 Å². The summed E-state index contributed by atoms with van der Waals surface area (Å²) in [6.45, 7) is -0.476. The number of carbonyl (C=O) groups is 2. The molecule has 0 atom stereocenters. The fourth-order valence-corrected chi connectivity index (χ4v) is 2.28. The Morgan fingerprint density at radius 3 is 2.26 bits per heavy atom. The Morgan fingerprint density at radius 2 is 1.52 bits per heavy atom. The molecule has 136 valence electrons. The van der Waals surface area contributed by atoms with Crippen molar-refractivity contribution in [3.05, 3.63) is 90.2 Å². The van der Waals surface area contributed by atoms with Gasteiger partial charge < -0.3 is 14.8 Å². The molecule has 0 saturated heterocycles. The summed E-state index contributed by atoms with van der Waals surface area (Å²) in [6, 6.07) is 20.9. The summed E-state index contributed by atoms with van der Waals surface area (Å²) >= 11 is 0. The number of anilines is 1. The van der Waals surface area contributed by atoms with Gasteiger partial charge in [-0.05, 0) is 48.5 Å². The number of benzene rings is 3. The van der Waals surface area contributed by atoms with Crippen LogP contribution in [0.4, 0.5) is 10.1 Å². The summed E-state index contributed by atoms with van der Waals surface area (Å²) in [5.74, 6) is -0.721. The molecule has 3 aromatic carbocycles. The molecule has 0 aromatic heterocycles. The first-order chi connectivity index (χ1) is 13.1. The summed E-state index contributed by atoms with van der Waals surface area (Å²) < 4.78 is 23.6. The van der Waals surface area contributed by atoms with E-state index in [1.807, 2.05) is 18.2 Å². The minimum atomic E-state index is -0.684. The van der Waals surface area contributed by atoms with Crippen LogP contribution in [0.5, 0.6) is 11.5 Å². The number of nitrogens with one attached hydrogen (secondary N) is 1. The van der Waals surface area contributed by atoms with Crippen LogP contribution < -0.4 is 10.1 Å². The highest BCUT2D eigenvalue weighted by Crippen LogP contribution is 2.25. The van der Waals surface area contributed by atoms with E-state index in [0.717, 1.165) is 0 Å². The van der Waals surface area contributed by atoms with E-state index >= 15 is 0 Å². The van der Waals surface area contributed by atoms with Gasteiger partial charge in [0.2, 0.25) is 0 Å². The molecule has 3 rings (SSSR count). The minimum Gasteiger partial charge on any atom is -0.456 e. The van der Waals surface area contributed by atoms with Crippen LogP contribution in [0, 0.1) is 5.82 Å². The number of hydrogen-bond donors (Lipinski definition) is 1. The van der Waals surface area contributed by atoms with Crippen LogP contribution >= 0.6 is 0 Å². The topological polar surface area (TPSA) is 64.6 Å². The van der Waals surface area contributed by atoms with E-state index < -0.39 is 24.3 Å². The lowest BCUT2D eigenvalue weighted by Crippen LogP contribution is -2.21. The number of ether oxygens (including phenoxy) is 2. The molecule has 3 aromatic rings. The molecule has 0 aliphatic heterocycles. The molecule has 0 fully saturated rings. The van der Waals surface area contributed by atoms with E-state index in [1.165, 1.54) is 24.3 Å². The number of amides is 1. The Balaban J connectivity index is 1.61. The molecule has 27 heavy (non-hydrogen) atoms.